The van der Waals surface area contributed by atoms with Crippen molar-refractivity contribution in [3.8, 4) is 11.3 Å². The van der Waals surface area contributed by atoms with Crippen LogP contribution in [0.2, 0.25) is 0 Å². The van der Waals surface area contributed by atoms with E-state index in [-0.39, 0.29) is 0 Å². The molecule has 4 bridgehead atoms. The minimum absolute atomic E-state index is 0.294. The summed E-state index contributed by atoms with van der Waals surface area (Å²) in [5, 5.41) is 0. The van der Waals surface area contributed by atoms with Crippen LogP contribution in [0.1, 0.15) is 44.9 Å². The number of hydrogen-bond donors (Lipinski definition) is 1. The Morgan fingerprint density at radius 3 is 2.33 bits per heavy atom. The molecule has 7 heteroatoms. The van der Waals surface area contributed by atoms with Crippen molar-refractivity contribution in [2.24, 2.45) is 5.92 Å². The lowest BCUT2D eigenvalue weighted by atomic mass is 9.86. The average Bonchev–Trinajstić information content (AvgIpc) is 3.33. The number of piperidine rings is 1. The van der Waals surface area contributed by atoms with E-state index in [1.165, 1.54) is 44.9 Å². The minimum atomic E-state index is 0.294. The second-order valence-electron chi connectivity index (χ2n) is 8.61. The fraction of sp³-hybridized carbons (Fsp3) is 0.600. The van der Waals surface area contributed by atoms with E-state index < -0.39 is 0 Å². The predicted molar refractivity (Wildman–Crippen MR) is 104 cm³/mol. The van der Waals surface area contributed by atoms with E-state index in [2.05, 4.69) is 25.8 Å². The smallest absolute Gasteiger partial charge is 0.228 e. The number of hydrogen-bond acceptors (Lipinski definition) is 7. The number of nitrogens with two attached hydrogens (primary N) is 1. The molecule has 2 N–H and O–H groups in total. The number of nitrogen functional groups attached to an aromatic ring is 1. The highest BCUT2D eigenvalue weighted by atomic mass is 15.3. The molecule has 0 amide bonds. The molecule has 0 aromatic carbocycles. The maximum atomic E-state index is 5.68. The molecular formula is C20H25N7. The first-order valence-electron chi connectivity index (χ1n) is 10.3. The zero-order valence-corrected chi connectivity index (χ0v) is 15.5. The second kappa shape index (κ2) is 5.78. The molecule has 5 aliphatic rings. The quantitative estimate of drug-likeness (QED) is 0.897. The van der Waals surface area contributed by atoms with Gasteiger partial charge in [-0.25, -0.2) is 15.0 Å². The first kappa shape index (κ1) is 15.6. The molecule has 2 aromatic heterocycles. The third kappa shape index (κ3) is 2.47. The minimum Gasteiger partial charge on any atom is -0.368 e. The molecule has 4 saturated heterocycles. The van der Waals surface area contributed by atoms with Crippen LogP contribution >= 0.6 is 0 Å². The van der Waals surface area contributed by atoms with Crippen molar-refractivity contribution in [2.75, 3.05) is 22.1 Å². The Hall–Kier alpha value is -2.44. The summed E-state index contributed by atoms with van der Waals surface area (Å²) in [7, 11) is 0. The Morgan fingerprint density at radius 1 is 0.926 bits per heavy atom. The van der Waals surface area contributed by atoms with Gasteiger partial charge in [-0.3, -0.25) is 0 Å². The van der Waals surface area contributed by atoms with Crippen LogP contribution < -0.4 is 15.5 Å². The fourth-order valence-electron chi connectivity index (χ4n) is 5.57. The maximum Gasteiger partial charge on any atom is 0.228 e. The average molecular weight is 363 g/mol. The summed E-state index contributed by atoms with van der Waals surface area (Å²) < 4.78 is 0. The summed E-state index contributed by atoms with van der Waals surface area (Å²) in [4.78, 5) is 23.3. The summed E-state index contributed by atoms with van der Waals surface area (Å²) >= 11 is 0. The Labute approximate surface area is 159 Å². The zero-order chi connectivity index (χ0) is 18.0. The Balaban J connectivity index is 1.44. The molecule has 7 rings (SSSR count). The second-order valence-corrected chi connectivity index (χ2v) is 8.61. The van der Waals surface area contributed by atoms with Crippen molar-refractivity contribution in [2.45, 2.75) is 63.1 Å². The van der Waals surface area contributed by atoms with Crippen molar-refractivity contribution in [3.05, 3.63) is 18.5 Å². The van der Waals surface area contributed by atoms with Gasteiger partial charge in [0.2, 0.25) is 11.9 Å². The molecule has 1 saturated carbocycles. The van der Waals surface area contributed by atoms with Gasteiger partial charge in [-0.15, -0.1) is 0 Å². The number of aromatic nitrogens is 4. The summed E-state index contributed by atoms with van der Waals surface area (Å²) in [6.45, 7) is 1.10. The SMILES string of the molecule is Nc1ncc(-c2cc(N3C4CCCC3CC4)nc(N3CC4CC3C4)n2)cn1. The number of nitrogens with zero attached hydrogens (tertiary/aromatic N) is 6. The van der Waals surface area contributed by atoms with Gasteiger partial charge < -0.3 is 15.5 Å². The van der Waals surface area contributed by atoms with Gasteiger partial charge in [0.15, 0.2) is 0 Å². The topological polar surface area (TPSA) is 84.1 Å². The van der Waals surface area contributed by atoms with Crippen LogP contribution in [0.4, 0.5) is 17.7 Å². The highest BCUT2D eigenvalue weighted by molar-refractivity contribution is 5.65. The molecule has 1 aliphatic carbocycles. The van der Waals surface area contributed by atoms with E-state index in [0.29, 0.717) is 24.1 Å². The standard InChI is InChI=1S/C20H25N7/c21-19-22-9-13(10-23-19)17-8-18(27-14-2-1-3-15(27)5-4-14)25-20(24-17)26-11-12-6-16(26)7-12/h8-10,12,14-16H,1-7,11H2,(H2,21,22,23). The van der Waals surface area contributed by atoms with Crippen LogP contribution in [0.25, 0.3) is 11.3 Å². The monoisotopic (exact) mass is 363 g/mol. The Bertz CT molecular complexity index is 845. The van der Waals surface area contributed by atoms with Crippen molar-refractivity contribution < 1.29 is 0 Å². The van der Waals surface area contributed by atoms with Gasteiger partial charge in [-0.05, 0) is 50.9 Å². The summed E-state index contributed by atoms with van der Waals surface area (Å²) in [6, 6.07) is 4.03. The lowest BCUT2D eigenvalue weighted by molar-refractivity contribution is 0.380. The lowest BCUT2D eigenvalue weighted by Crippen LogP contribution is -2.40. The molecule has 7 nitrogen and oxygen atoms in total. The third-order valence-electron chi connectivity index (χ3n) is 6.99. The van der Waals surface area contributed by atoms with Crippen LogP contribution in [-0.2, 0) is 0 Å². The van der Waals surface area contributed by atoms with Gasteiger partial charge in [-0.1, -0.05) is 0 Å². The van der Waals surface area contributed by atoms with Crippen molar-refractivity contribution >= 4 is 17.7 Å². The van der Waals surface area contributed by atoms with Crippen LogP contribution in [-0.4, -0.2) is 44.6 Å². The van der Waals surface area contributed by atoms with E-state index in [4.69, 9.17) is 15.7 Å². The van der Waals surface area contributed by atoms with Crippen LogP contribution in [0.3, 0.4) is 0 Å². The van der Waals surface area contributed by atoms with Crippen LogP contribution in [0.5, 0.6) is 0 Å². The van der Waals surface area contributed by atoms with Crippen molar-refractivity contribution in [1.82, 2.24) is 19.9 Å². The lowest BCUT2D eigenvalue weighted by Gasteiger charge is -2.36. The number of fused-ring (bicyclic) bond motifs is 3. The Morgan fingerprint density at radius 2 is 1.67 bits per heavy atom. The predicted octanol–water partition coefficient (Wildman–Crippen LogP) is 2.64. The molecular weight excluding hydrogens is 338 g/mol. The highest BCUT2D eigenvalue weighted by Crippen LogP contribution is 2.44. The van der Waals surface area contributed by atoms with E-state index >= 15 is 0 Å². The summed E-state index contributed by atoms with van der Waals surface area (Å²) in [5.41, 5.74) is 7.49. The summed E-state index contributed by atoms with van der Waals surface area (Å²) in [5.74, 6) is 3.09. The molecule has 5 fully saturated rings. The van der Waals surface area contributed by atoms with Gasteiger partial charge in [0, 0.05) is 48.7 Å². The molecule has 140 valence electrons. The van der Waals surface area contributed by atoms with Gasteiger partial charge in [0.25, 0.3) is 0 Å². The molecule has 0 spiro atoms. The largest absolute Gasteiger partial charge is 0.368 e. The molecule has 27 heavy (non-hydrogen) atoms. The maximum absolute atomic E-state index is 5.68. The van der Waals surface area contributed by atoms with E-state index in [1.807, 2.05) is 0 Å². The molecule has 2 unspecified atom stereocenters. The van der Waals surface area contributed by atoms with Crippen LogP contribution in [0, 0.1) is 5.92 Å². The van der Waals surface area contributed by atoms with Crippen molar-refractivity contribution in [3.63, 3.8) is 0 Å². The van der Waals surface area contributed by atoms with Gasteiger partial charge in [0.1, 0.15) is 5.82 Å². The van der Waals surface area contributed by atoms with Crippen molar-refractivity contribution in [1.29, 1.82) is 0 Å². The molecule has 4 aliphatic heterocycles. The molecule has 2 aromatic rings. The van der Waals surface area contributed by atoms with Gasteiger partial charge >= 0.3 is 0 Å². The third-order valence-corrected chi connectivity index (χ3v) is 6.99. The van der Waals surface area contributed by atoms with Crippen LogP contribution in [0.15, 0.2) is 18.5 Å². The van der Waals surface area contributed by atoms with E-state index in [0.717, 1.165) is 35.5 Å². The summed E-state index contributed by atoms with van der Waals surface area (Å²) in [6.07, 6.45) is 12.6. The Kier molecular flexibility index (Phi) is 3.34. The van der Waals surface area contributed by atoms with E-state index in [1.54, 1.807) is 12.4 Å². The first-order valence-corrected chi connectivity index (χ1v) is 10.3. The highest BCUT2D eigenvalue weighted by Gasteiger charge is 2.44. The van der Waals surface area contributed by atoms with Gasteiger partial charge in [0.05, 0.1) is 5.69 Å². The number of rotatable bonds is 3. The molecule has 2 atom stereocenters. The number of anilines is 3. The molecule has 6 heterocycles. The van der Waals surface area contributed by atoms with Gasteiger partial charge in [-0.2, -0.15) is 4.98 Å². The normalized spacial score (nSPS) is 31.3. The zero-order valence-electron chi connectivity index (χ0n) is 15.5. The van der Waals surface area contributed by atoms with E-state index in [9.17, 15) is 0 Å². The first-order chi connectivity index (χ1) is 13.2. The molecule has 0 radical (unpaired) electrons. The fourth-order valence-corrected chi connectivity index (χ4v) is 5.57.